The lowest BCUT2D eigenvalue weighted by molar-refractivity contribution is -0.00518. The second-order valence-electron chi connectivity index (χ2n) is 17.9. The summed E-state index contributed by atoms with van der Waals surface area (Å²) in [5.41, 5.74) is 16.7. The van der Waals surface area contributed by atoms with Gasteiger partial charge in [0.15, 0.2) is 0 Å². The minimum atomic E-state index is 0.377. The van der Waals surface area contributed by atoms with Gasteiger partial charge in [0.2, 0.25) is 0 Å². The van der Waals surface area contributed by atoms with Crippen molar-refractivity contribution in [2.75, 3.05) is 4.90 Å². The van der Waals surface area contributed by atoms with E-state index in [4.69, 9.17) is 4.42 Å². The average molecular weight is 774 g/mol. The fraction of sp³-hybridized carbons (Fsp3) is 0.172. The fourth-order valence-electron chi connectivity index (χ4n) is 12.0. The van der Waals surface area contributed by atoms with Crippen molar-refractivity contribution < 1.29 is 4.42 Å². The minimum absolute atomic E-state index is 0.377. The molecule has 0 radical (unpaired) electrons. The Morgan fingerprint density at radius 3 is 1.58 bits per heavy atom. The van der Waals surface area contributed by atoms with Crippen LogP contribution in [0.2, 0.25) is 0 Å². The molecule has 290 valence electrons. The van der Waals surface area contributed by atoms with E-state index in [0.29, 0.717) is 5.41 Å². The summed E-state index contributed by atoms with van der Waals surface area (Å²) in [6, 6.07) is 71.2. The van der Waals surface area contributed by atoms with E-state index in [-0.39, 0.29) is 0 Å². The quantitative estimate of drug-likeness (QED) is 0.153. The molecule has 0 atom stereocenters. The van der Waals surface area contributed by atoms with Gasteiger partial charge in [-0.1, -0.05) is 152 Å². The number of furan rings is 1. The van der Waals surface area contributed by atoms with Gasteiger partial charge in [0.25, 0.3) is 0 Å². The third-order valence-corrected chi connectivity index (χ3v) is 14.3. The number of para-hydroxylation sites is 2. The van der Waals surface area contributed by atoms with Crippen molar-refractivity contribution >= 4 is 39.0 Å². The first-order valence-corrected chi connectivity index (χ1v) is 21.9. The molecule has 0 aliphatic heterocycles. The van der Waals surface area contributed by atoms with E-state index in [9.17, 15) is 0 Å². The summed E-state index contributed by atoms with van der Waals surface area (Å²) in [7, 11) is 0. The van der Waals surface area contributed by atoms with Gasteiger partial charge in [0.1, 0.15) is 11.2 Å². The van der Waals surface area contributed by atoms with Crippen molar-refractivity contribution in [1.82, 2.24) is 0 Å². The lowest BCUT2D eigenvalue weighted by Crippen LogP contribution is -2.48. The summed E-state index contributed by atoms with van der Waals surface area (Å²) in [4.78, 5) is 2.42. The zero-order chi connectivity index (χ0) is 39.6. The second kappa shape index (κ2) is 14.3. The van der Waals surface area contributed by atoms with Gasteiger partial charge in [-0.3, -0.25) is 0 Å². The SMILES string of the molecule is c1ccc(-c2cccc(-c3ccccc3)c2-c2ccc(N(c3ccc4c(c3)oc3ccccc34)c3ccccc3-c3ccc(C45CC6CC(CC(C6)C4)C5)cc3)cc2)cc1. The van der Waals surface area contributed by atoms with Gasteiger partial charge in [0, 0.05) is 33.8 Å². The third kappa shape index (κ3) is 6.00. The Kier molecular flexibility index (Phi) is 8.40. The first-order chi connectivity index (χ1) is 29.7. The topological polar surface area (TPSA) is 16.4 Å². The van der Waals surface area contributed by atoms with Crippen molar-refractivity contribution in [2.24, 2.45) is 17.8 Å². The van der Waals surface area contributed by atoms with Crippen LogP contribution in [-0.2, 0) is 5.41 Å². The zero-order valence-corrected chi connectivity index (χ0v) is 33.8. The molecule has 9 aromatic rings. The predicted molar refractivity (Wildman–Crippen MR) is 250 cm³/mol. The van der Waals surface area contributed by atoms with Crippen molar-refractivity contribution in [3.8, 4) is 44.5 Å². The maximum absolute atomic E-state index is 6.50. The van der Waals surface area contributed by atoms with Crippen LogP contribution < -0.4 is 4.90 Å². The number of hydrogen-bond donors (Lipinski definition) is 0. The molecule has 0 unspecified atom stereocenters. The van der Waals surface area contributed by atoms with Crippen LogP contribution in [0.25, 0.3) is 66.4 Å². The second-order valence-corrected chi connectivity index (χ2v) is 17.9. The monoisotopic (exact) mass is 773 g/mol. The number of benzene rings is 8. The molecule has 0 amide bonds. The molecular formula is C58H47NO. The molecule has 1 heterocycles. The third-order valence-electron chi connectivity index (χ3n) is 14.3. The molecule has 2 nitrogen and oxygen atoms in total. The molecule has 0 spiro atoms. The molecule has 0 N–H and O–H groups in total. The predicted octanol–water partition coefficient (Wildman–Crippen LogP) is 16.2. The van der Waals surface area contributed by atoms with E-state index in [1.54, 1.807) is 5.56 Å². The van der Waals surface area contributed by atoms with E-state index in [1.165, 1.54) is 83.0 Å². The van der Waals surface area contributed by atoms with Crippen molar-refractivity contribution in [1.29, 1.82) is 0 Å². The highest BCUT2D eigenvalue weighted by molar-refractivity contribution is 6.06. The number of hydrogen-bond acceptors (Lipinski definition) is 2. The summed E-state index contributed by atoms with van der Waals surface area (Å²) < 4.78 is 6.50. The number of rotatable bonds is 8. The molecule has 4 bridgehead atoms. The Hall–Kier alpha value is -6.64. The summed E-state index contributed by atoms with van der Waals surface area (Å²) in [5, 5.41) is 2.27. The van der Waals surface area contributed by atoms with Crippen LogP contribution in [0, 0.1) is 17.8 Å². The fourth-order valence-corrected chi connectivity index (χ4v) is 12.0. The standard InChI is InChI=1S/C58H47NO/c1-3-12-42(13-4-1)50-18-11-19-51(43-14-5-2-6-15-43)57(50)45-24-28-47(29-25-45)59(48-30-31-53-52-17-8-10-21-55(52)60-56(53)35-48)54-20-9-7-16-49(54)44-22-26-46(27-23-44)58-36-39-32-40(37-58)34-41(33-39)38-58/h1-31,35,39-41H,32-34,36-38H2. The molecule has 1 aromatic heterocycles. The Bertz CT molecular complexity index is 2900. The van der Waals surface area contributed by atoms with Crippen LogP contribution in [-0.4, -0.2) is 0 Å². The van der Waals surface area contributed by atoms with Crippen molar-refractivity contribution in [3.63, 3.8) is 0 Å². The molecule has 8 aromatic carbocycles. The Morgan fingerprint density at radius 1 is 0.400 bits per heavy atom. The highest BCUT2D eigenvalue weighted by Gasteiger charge is 2.51. The molecule has 0 saturated heterocycles. The van der Waals surface area contributed by atoms with Gasteiger partial charge in [-0.2, -0.15) is 0 Å². The summed E-state index contributed by atoms with van der Waals surface area (Å²) in [6.07, 6.45) is 8.54. The number of anilines is 3. The van der Waals surface area contributed by atoms with Crippen LogP contribution in [0.15, 0.2) is 199 Å². The first-order valence-electron chi connectivity index (χ1n) is 21.9. The lowest BCUT2D eigenvalue weighted by atomic mass is 9.48. The molecular weight excluding hydrogens is 727 g/mol. The normalized spacial score (nSPS) is 20.5. The van der Waals surface area contributed by atoms with Crippen LogP contribution in [0.3, 0.4) is 0 Å². The van der Waals surface area contributed by atoms with Crippen LogP contribution in [0.4, 0.5) is 17.1 Å². The lowest BCUT2D eigenvalue weighted by Gasteiger charge is -2.57. The van der Waals surface area contributed by atoms with Gasteiger partial charge in [-0.15, -0.1) is 0 Å². The van der Waals surface area contributed by atoms with Gasteiger partial charge >= 0.3 is 0 Å². The summed E-state index contributed by atoms with van der Waals surface area (Å²) >= 11 is 0. The largest absolute Gasteiger partial charge is 0.456 e. The highest BCUT2D eigenvalue weighted by atomic mass is 16.3. The van der Waals surface area contributed by atoms with E-state index >= 15 is 0 Å². The van der Waals surface area contributed by atoms with E-state index in [1.807, 2.05) is 6.07 Å². The molecule has 4 aliphatic carbocycles. The van der Waals surface area contributed by atoms with E-state index < -0.39 is 0 Å². The molecule has 4 saturated carbocycles. The smallest absolute Gasteiger partial charge is 0.137 e. The zero-order valence-electron chi connectivity index (χ0n) is 33.8. The van der Waals surface area contributed by atoms with Gasteiger partial charge in [0.05, 0.1) is 5.69 Å². The van der Waals surface area contributed by atoms with Gasteiger partial charge in [-0.05, 0) is 143 Å². The number of fused-ring (bicyclic) bond motifs is 3. The average Bonchev–Trinajstić information content (AvgIpc) is 3.68. The van der Waals surface area contributed by atoms with Crippen molar-refractivity contribution in [2.45, 2.75) is 43.9 Å². The maximum atomic E-state index is 6.50. The van der Waals surface area contributed by atoms with Gasteiger partial charge < -0.3 is 9.32 Å². The summed E-state index contributed by atoms with van der Waals surface area (Å²) in [6.45, 7) is 0. The first kappa shape index (κ1) is 35.3. The molecule has 4 aliphatic rings. The highest BCUT2D eigenvalue weighted by Crippen LogP contribution is 2.61. The Morgan fingerprint density at radius 2 is 0.917 bits per heavy atom. The molecule has 60 heavy (non-hydrogen) atoms. The summed E-state index contributed by atoms with van der Waals surface area (Å²) in [5.74, 6) is 2.78. The van der Waals surface area contributed by atoms with E-state index in [0.717, 1.165) is 56.8 Å². The number of nitrogens with zero attached hydrogens (tertiary/aromatic N) is 1. The molecule has 4 fully saturated rings. The minimum Gasteiger partial charge on any atom is -0.456 e. The van der Waals surface area contributed by atoms with E-state index in [2.05, 4.69) is 193 Å². The van der Waals surface area contributed by atoms with Gasteiger partial charge in [-0.25, -0.2) is 0 Å². The maximum Gasteiger partial charge on any atom is 0.137 e. The van der Waals surface area contributed by atoms with Crippen LogP contribution in [0.1, 0.15) is 44.1 Å². The Labute approximate surface area is 352 Å². The molecule has 13 rings (SSSR count). The van der Waals surface area contributed by atoms with Crippen LogP contribution in [0.5, 0.6) is 0 Å². The Balaban J connectivity index is 0.989. The molecule has 2 heteroatoms. The van der Waals surface area contributed by atoms with Crippen LogP contribution >= 0.6 is 0 Å². The van der Waals surface area contributed by atoms with Crippen molar-refractivity contribution in [3.05, 3.63) is 200 Å².